The van der Waals surface area contributed by atoms with Crippen molar-refractivity contribution in [2.45, 2.75) is 72.3 Å². The number of hydrogen-bond acceptors (Lipinski definition) is 1. The second-order valence-electron chi connectivity index (χ2n) is 5.65. The zero-order valence-corrected chi connectivity index (χ0v) is 12.6. The van der Waals surface area contributed by atoms with Crippen LogP contribution in [0.3, 0.4) is 0 Å². The Labute approximate surface area is 113 Å². The fourth-order valence-corrected chi connectivity index (χ4v) is 2.87. The number of rotatable bonds is 9. The lowest BCUT2D eigenvalue weighted by molar-refractivity contribution is 0.230. The van der Waals surface area contributed by atoms with Gasteiger partial charge in [-0.05, 0) is 18.8 Å². The third kappa shape index (κ3) is 4.47. The van der Waals surface area contributed by atoms with Crippen molar-refractivity contribution >= 4 is 0 Å². The van der Waals surface area contributed by atoms with Gasteiger partial charge in [0.1, 0.15) is 0 Å². The number of unbranched alkanes of at least 4 members (excludes halogenated alkanes) is 2. The van der Waals surface area contributed by atoms with Gasteiger partial charge in [-0.25, -0.2) is 4.98 Å². The van der Waals surface area contributed by atoms with Gasteiger partial charge < -0.3 is 4.57 Å². The standard InChI is InChI=1S/C16H30N2/c1-5-7-8-10-16(9-6-2)14(3)15(4)18-12-11-17-13-18/h11-16H,5-10H2,1-4H3. The molecule has 3 atom stereocenters. The Morgan fingerprint density at radius 1 is 1.06 bits per heavy atom. The lowest BCUT2D eigenvalue weighted by Crippen LogP contribution is -2.21. The Balaban J connectivity index is 2.54. The maximum absolute atomic E-state index is 4.17. The zero-order valence-electron chi connectivity index (χ0n) is 12.6. The minimum Gasteiger partial charge on any atom is -0.334 e. The minimum atomic E-state index is 0.561. The number of imidazole rings is 1. The van der Waals surface area contributed by atoms with Crippen molar-refractivity contribution in [3.8, 4) is 0 Å². The summed E-state index contributed by atoms with van der Waals surface area (Å²) in [6.45, 7) is 9.33. The van der Waals surface area contributed by atoms with Crippen LogP contribution in [0.2, 0.25) is 0 Å². The molecule has 1 rings (SSSR count). The summed E-state index contributed by atoms with van der Waals surface area (Å²) in [5.74, 6) is 1.59. The van der Waals surface area contributed by atoms with E-state index in [9.17, 15) is 0 Å². The minimum absolute atomic E-state index is 0.561. The Bertz CT molecular complexity index is 292. The number of aromatic nitrogens is 2. The van der Waals surface area contributed by atoms with Crippen LogP contribution < -0.4 is 0 Å². The van der Waals surface area contributed by atoms with E-state index in [2.05, 4.69) is 43.4 Å². The Morgan fingerprint density at radius 2 is 1.83 bits per heavy atom. The van der Waals surface area contributed by atoms with Gasteiger partial charge in [0.2, 0.25) is 0 Å². The van der Waals surface area contributed by atoms with Crippen LogP contribution in [0.15, 0.2) is 18.7 Å². The average molecular weight is 250 g/mol. The fraction of sp³-hybridized carbons (Fsp3) is 0.812. The normalized spacial score (nSPS) is 16.4. The Kier molecular flexibility index (Phi) is 7.07. The smallest absolute Gasteiger partial charge is 0.0948 e. The maximum atomic E-state index is 4.17. The third-order valence-corrected chi connectivity index (χ3v) is 4.34. The first kappa shape index (κ1) is 15.3. The highest BCUT2D eigenvalue weighted by atomic mass is 15.0. The summed E-state index contributed by atoms with van der Waals surface area (Å²) in [5, 5.41) is 0. The van der Waals surface area contributed by atoms with Crippen molar-refractivity contribution in [2.75, 3.05) is 0 Å². The number of nitrogens with zero attached hydrogens (tertiary/aromatic N) is 2. The first-order valence-corrected chi connectivity index (χ1v) is 7.68. The van der Waals surface area contributed by atoms with Crippen LogP contribution in [0.4, 0.5) is 0 Å². The van der Waals surface area contributed by atoms with Crippen LogP contribution >= 0.6 is 0 Å². The van der Waals surface area contributed by atoms with E-state index in [0.29, 0.717) is 6.04 Å². The summed E-state index contributed by atoms with van der Waals surface area (Å²) < 4.78 is 2.26. The summed E-state index contributed by atoms with van der Waals surface area (Å²) in [7, 11) is 0. The summed E-state index contributed by atoms with van der Waals surface area (Å²) in [4.78, 5) is 4.17. The van der Waals surface area contributed by atoms with Crippen LogP contribution in [0.1, 0.15) is 72.3 Å². The molecule has 0 aliphatic rings. The van der Waals surface area contributed by atoms with Crippen LogP contribution in [-0.2, 0) is 0 Å². The van der Waals surface area contributed by atoms with Gasteiger partial charge in [-0.3, -0.25) is 0 Å². The molecule has 0 aliphatic heterocycles. The van der Waals surface area contributed by atoms with Gasteiger partial charge >= 0.3 is 0 Å². The molecule has 18 heavy (non-hydrogen) atoms. The van der Waals surface area contributed by atoms with Crippen molar-refractivity contribution < 1.29 is 0 Å². The highest BCUT2D eigenvalue weighted by Gasteiger charge is 2.22. The van der Waals surface area contributed by atoms with E-state index >= 15 is 0 Å². The Hall–Kier alpha value is -0.790. The van der Waals surface area contributed by atoms with E-state index in [1.807, 2.05) is 12.5 Å². The number of hydrogen-bond donors (Lipinski definition) is 0. The molecule has 0 saturated carbocycles. The molecule has 0 amide bonds. The maximum Gasteiger partial charge on any atom is 0.0948 e. The first-order chi connectivity index (χ1) is 8.70. The molecule has 0 saturated heterocycles. The molecule has 2 nitrogen and oxygen atoms in total. The SMILES string of the molecule is CCCCCC(CCC)C(C)C(C)n1ccnc1. The second kappa shape index (κ2) is 8.34. The molecule has 0 aliphatic carbocycles. The molecule has 104 valence electrons. The van der Waals surface area contributed by atoms with E-state index in [4.69, 9.17) is 0 Å². The molecule has 0 spiro atoms. The van der Waals surface area contributed by atoms with Crippen molar-refractivity contribution in [2.24, 2.45) is 11.8 Å². The van der Waals surface area contributed by atoms with Gasteiger partial charge in [0.05, 0.1) is 6.33 Å². The van der Waals surface area contributed by atoms with E-state index in [-0.39, 0.29) is 0 Å². The molecule has 0 N–H and O–H groups in total. The first-order valence-electron chi connectivity index (χ1n) is 7.68. The molecule has 0 aromatic carbocycles. The molecular formula is C16H30N2. The highest BCUT2D eigenvalue weighted by molar-refractivity contribution is 4.83. The van der Waals surface area contributed by atoms with Crippen LogP contribution in [0.25, 0.3) is 0 Å². The monoisotopic (exact) mass is 250 g/mol. The summed E-state index contributed by atoms with van der Waals surface area (Å²) in [6, 6.07) is 0.561. The van der Waals surface area contributed by atoms with Gasteiger partial charge in [0.25, 0.3) is 0 Å². The van der Waals surface area contributed by atoms with Crippen LogP contribution in [0, 0.1) is 11.8 Å². The quantitative estimate of drug-likeness (QED) is 0.559. The lowest BCUT2D eigenvalue weighted by Gasteiger charge is -2.29. The van der Waals surface area contributed by atoms with Crippen molar-refractivity contribution in [3.63, 3.8) is 0 Å². The summed E-state index contributed by atoms with van der Waals surface area (Å²) in [6.07, 6.45) is 14.1. The topological polar surface area (TPSA) is 17.8 Å². The molecule has 1 aromatic heterocycles. The summed E-state index contributed by atoms with van der Waals surface area (Å²) in [5.41, 5.74) is 0. The van der Waals surface area contributed by atoms with Crippen LogP contribution in [-0.4, -0.2) is 9.55 Å². The molecule has 2 heteroatoms. The van der Waals surface area contributed by atoms with E-state index in [0.717, 1.165) is 11.8 Å². The zero-order chi connectivity index (χ0) is 13.4. The fourth-order valence-electron chi connectivity index (χ4n) is 2.87. The Morgan fingerprint density at radius 3 is 2.39 bits per heavy atom. The molecular weight excluding hydrogens is 220 g/mol. The summed E-state index contributed by atoms with van der Waals surface area (Å²) >= 11 is 0. The van der Waals surface area contributed by atoms with Crippen molar-refractivity contribution in [1.82, 2.24) is 9.55 Å². The third-order valence-electron chi connectivity index (χ3n) is 4.34. The van der Waals surface area contributed by atoms with E-state index < -0.39 is 0 Å². The highest BCUT2D eigenvalue weighted by Crippen LogP contribution is 2.31. The van der Waals surface area contributed by atoms with Gasteiger partial charge in [-0.15, -0.1) is 0 Å². The van der Waals surface area contributed by atoms with Crippen LogP contribution in [0.5, 0.6) is 0 Å². The van der Waals surface area contributed by atoms with Crippen molar-refractivity contribution in [1.29, 1.82) is 0 Å². The van der Waals surface area contributed by atoms with E-state index in [1.165, 1.54) is 38.5 Å². The molecule has 0 fully saturated rings. The van der Waals surface area contributed by atoms with Gasteiger partial charge in [-0.1, -0.05) is 59.3 Å². The largest absolute Gasteiger partial charge is 0.334 e. The second-order valence-corrected chi connectivity index (χ2v) is 5.65. The predicted molar refractivity (Wildman–Crippen MR) is 78.6 cm³/mol. The molecule has 1 aromatic rings. The molecule has 0 radical (unpaired) electrons. The lowest BCUT2D eigenvalue weighted by atomic mass is 9.81. The molecule has 1 heterocycles. The van der Waals surface area contributed by atoms with Crippen molar-refractivity contribution in [3.05, 3.63) is 18.7 Å². The molecule has 3 unspecified atom stereocenters. The average Bonchev–Trinajstić information content (AvgIpc) is 2.90. The molecule has 0 bridgehead atoms. The predicted octanol–water partition coefficient (Wildman–Crippen LogP) is 5.08. The van der Waals surface area contributed by atoms with Gasteiger partial charge in [0, 0.05) is 18.4 Å². The van der Waals surface area contributed by atoms with Gasteiger partial charge in [0.15, 0.2) is 0 Å². The van der Waals surface area contributed by atoms with Gasteiger partial charge in [-0.2, -0.15) is 0 Å². The van der Waals surface area contributed by atoms with E-state index in [1.54, 1.807) is 0 Å².